The molecule has 25 heavy (non-hydrogen) atoms. The SMILES string of the molecule is [3H]c1ccc(OCc2c(-n3nnn(C)c3=O)cnn2C(C)(C)C)c(C)c1. The fourth-order valence-corrected chi connectivity index (χ4v) is 2.53. The molecule has 0 saturated carbocycles. The first kappa shape index (κ1) is 15.6. The molecule has 0 amide bonds. The van der Waals surface area contributed by atoms with E-state index >= 15 is 0 Å². The Morgan fingerprint density at radius 2 is 2.04 bits per heavy atom. The van der Waals surface area contributed by atoms with E-state index in [-0.39, 0.29) is 17.8 Å². The Morgan fingerprint density at radius 3 is 2.64 bits per heavy atom. The number of hydrogen-bond donors (Lipinski definition) is 0. The molecule has 2 aromatic heterocycles. The normalized spacial score (nSPS) is 12.3. The Hall–Kier alpha value is -2.90. The minimum atomic E-state index is -0.352. The highest BCUT2D eigenvalue weighted by Crippen LogP contribution is 2.24. The first-order valence-electron chi connectivity index (χ1n) is 8.45. The molecule has 132 valence electrons. The van der Waals surface area contributed by atoms with Crippen molar-refractivity contribution in [3.05, 3.63) is 52.2 Å². The molecular weight excluding hydrogens is 320 g/mol. The number of rotatable bonds is 4. The lowest BCUT2D eigenvalue weighted by Crippen LogP contribution is -2.28. The van der Waals surface area contributed by atoms with Gasteiger partial charge in [-0.1, -0.05) is 18.2 Å². The van der Waals surface area contributed by atoms with Gasteiger partial charge in [0, 0.05) is 7.05 Å². The molecule has 0 aliphatic rings. The summed E-state index contributed by atoms with van der Waals surface area (Å²) in [5, 5.41) is 12.1. The summed E-state index contributed by atoms with van der Waals surface area (Å²) in [6, 6.07) is 5.62. The molecule has 0 atom stereocenters. The van der Waals surface area contributed by atoms with Crippen molar-refractivity contribution in [2.75, 3.05) is 0 Å². The van der Waals surface area contributed by atoms with Crippen LogP contribution in [-0.4, -0.2) is 29.6 Å². The first-order valence-corrected chi connectivity index (χ1v) is 7.95. The summed E-state index contributed by atoms with van der Waals surface area (Å²) in [6.45, 7) is 8.16. The standard InChI is InChI=1S/C17H22N6O2/c1-12-8-6-7-9-15(12)25-11-14-13(10-18-23(14)17(2,3)4)22-16(24)21(5)19-20-22/h6-10H,11H2,1-5H3/i6T. The van der Waals surface area contributed by atoms with E-state index in [0.29, 0.717) is 17.5 Å². The summed E-state index contributed by atoms with van der Waals surface area (Å²) in [4.78, 5) is 12.2. The number of benzene rings is 1. The summed E-state index contributed by atoms with van der Waals surface area (Å²) in [5.74, 6) is 0.681. The molecule has 0 spiro atoms. The Labute approximate surface area is 147 Å². The van der Waals surface area contributed by atoms with Gasteiger partial charge in [0.1, 0.15) is 23.7 Å². The lowest BCUT2D eigenvalue weighted by atomic mass is 10.1. The average molecular weight is 344 g/mol. The highest BCUT2D eigenvalue weighted by molar-refractivity contribution is 5.36. The van der Waals surface area contributed by atoms with Crippen LogP contribution in [0.4, 0.5) is 0 Å². The second-order valence-corrected chi connectivity index (χ2v) is 6.84. The molecule has 1 aromatic carbocycles. The van der Waals surface area contributed by atoms with Gasteiger partial charge in [-0.15, -0.1) is 0 Å². The minimum Gasteiger partial charge on any atom is -0.487 e. The first-order chi connectivity index (χ1) is 12.2. The molecule has 8 nitrogen and oxygen atoms in total. The molecule has 8 heteroatoms. The summed E-state index contributed by atoms with van der Waals surface area (Å²) in [6.07, 6.45) is 1.60. The van der Waals surface area contributed by atoms with Crippen molar-refractivity contribution >= 4 is 0 Å². The maximum absolute atomic E-state index is 12.2. The number of hydrogen-bond acceptors (Lipinski definition) is 5. The Kier molecular flexibility index (Phi) is 3.87. The zero-order valence-corrected chi connectivity index (χ0v) is 15.0. The van der Waals surface area contributed by atoms with Gasteiger partial charge in [0.05, 0.1) is 13.1 Å². The molecule has 0 fully saturated rings. The van der Waals surface area contributed by atoms with Gasteiger partial charge in [-0.05, 0) is 49.8 Å². The summed E-state index contributed by atoms with van der Waals surface area (Å²) < 4.78 is 17.8. The van der Waals surface area contributed by atoms with Crippen molar-refractivity contribution in [1.82, 2.24) is 29.6 Å². The summed E-state index contributed by atoms with van der Waals surface area (Å²) in [5.41, 5.74) is 1.47. The van der Waals surface area contributed by atoms with Crippen LogP contribution >= 0.6 is 0 Å². The number of aromatic nitrogens is 6. The van der Waals surface area contributed by atoms with Crippen LogP contribution in [0, 0.1) is 6.92 Å². The molecule has 2 heterocycles. The largest absolute Gasteiger partial charge is 0.487 e. The van der Waals surface area contributed by atoms with Crippen molar-refractivity contribution in [2.24, 2.45) is 7.05 Å². The third-order valence-corrected chi connectivity index (χ3v) is 3.82. The Bertz CT molecular complexity index is 996. The van der Waals surface area contributed by atoms with Crippen LogP contribution in [0.3, 0.4) is 0 Å². The van der Waals surface area contributed by atoms with Gasteiger partial charge in [-0.2, -0.15) is 14.5 Å². The van der Waals surface area contributed by atoms with Crippen LogP contribution in [0.5, 0.6) is 5.75 Å². The van der Waals surface area contributed by atoms with Crippen molar-refractivity contribution in [2.45, 2.75) is 39.8 Å². The lowest BCUT2D eigenvalue weighted by molar-refractivity contribution is 0.263. The predicted octanol–water partition coefficient (Wildman–Crippen LogP) is 1.80. The number of ether oxygens (including phenoxy) is 1. The van der Waals surface area contributed by atoms with E-state index in [9.17, 15) is 4.79 Å². The number of para-hydroxylation sites is 1. The maximum atomic E-state index is 12.2. The van der Waals surface area contributed by atoms with Crippen molar-refractivity contribution in [3.8, 4) is 11.4 Å². The van der Waals surface area contributed by atoms with Gasteiger partial charge in [-0.3, -0.25) is 4.68 Å². The zero-order chi connectivity index (χ0) is 19.1. The highest BCUT2D eigenvalue weighted by Gasteiger charge is 2.24. The number of tetrazole rings is 1. The van der Waals surface area contributed by atoms with E-state index in [4.69, 9.17) is 6.11 Å². The van der Waals surface area contributed by atoms with Gasteiger partial charge in [0.15, 0.2) is 0 Å². The minimum absolute atomic E-state index is 0.202. The molecular formula is C17H22N6O2. The number of nitrogens with zero attached hydrogens (tertiary/aromatic N) is 6. The monoisotopic (exact) mass is 344 g/mol. The van der Waals surface area contributed by atoms with E-state index in [1.807, 2.05) is 32.4 Å². The second-order valence-electron chi connectivity index (χ2n) is 6.84. The van der Waals surface area contributed by atoms with E-state index in [1.165, 1.54) is 4.68 Å². The molecule has 3 rings (SSSR count). The fraction of sp³-hybridized carbons (Fsp3) is 0.412. The van der Waals surface area contributed by atoms with Gasteiger partial charge < -0.3 is 4.74 Å². The van der Waals surface area contributed by atoms with E-state index < -0.39 is 0 Å². The zero-order valence-electron chi connectivity index (χ0n) is 16.0. The van der Waals surface area contributed by atoms with Crippen LogP contribution in [0.2, 0.25) is 0 Å². The van der Waals surface area contributed by atoms with Crippen LogP contribution < -0.4 is 10.4 Å². The van der Waals surface area contributed by atoms with Crippen molar-refractivity contribution in [3.63, 3.8) is 0 Å². The summed E-state index contributed by atoms with van der Waals surface area (Å²) >= 11 is 0. The van der Waals surface area contributed by atoms with E-state index in [1.54, 1.807) is 31.4 Å². The van der Waals surface area contributed by atoms with Crippen LogP contribution in [0.25, 0.3) is 5.69 Å². The Morgan fingerprint density at radius 1 is 1.28 bits per heavy atom. The number of aryl methyl sites for hydroxylation is 2. The van der Waals surface area contributed by atoms with Crippen LogP contribution in [-0.2, 0) is 19.2 Å². The smallest absolute Gasteiger partial charge is 0.368 e. The Balaban J connectivity index is 2.02. The highest BCUT2D eigenvalue weighted by atomic mass is 16.5. The molecule has 0 aliphatic carbocycles. The van der Waals surface area contributed by atoms with Crippen LogP contribution in [0.1, 0.15) is 33.4 Å². The third-order valence-electron chi connectivity index (χ3n) is 3.82. The molecule has 0 unspecified atom stereocenters. The topological polar surface area (TPSA) is 79.8 Å². The van der Waals surface area contributed by atoms with Crippen molar-refractivity contribution in [1.29, 1.82) is 0 Å². The second kappa shape index (κ2) is 6.19. The molecule has 0 aliphatic heterocycles. The van der Waals surface area contributed by atoms with Crippen molar-refractivity contribution < 1.29 is 6.11 Å². The molecule has 0 bridgehead atoms. The molecule has 3 aromatic rings. The lowest BCUT2D eigenvalue weighted by Gasteiger charge is -2.23. The van der Waals surface area contributed by atoms with E-state index in [0.717, 1.165) is 15.9 Å². The van der Waals surface area contributed by atoms with Gasteiger partial charge >= 0.3 is 5.69 Å². The molecule has 0 saturated heterocycles. The maximum Gasteiger partial charge on any atom is 0.368 e. The van der Waals surface area contributed by atoms with Gasteiger partial charge in [0.2, 0.25) is 0 Å². The fourth-order valence-electron chi connectivity index (χ4n) is 2.53. The van der Waals surface area contributed by atoms with Gasteiger partial charge in [0.25, 0.3) is 0 Å². The predicted molar refractivity (Wildman–Crippen MR) is 92.9 cm³/mol. The van der Waals surface area contributed by atoms with Gasteiger partial charge in [-0.25, -0.2) is 4.79 Å². The van der Waals surface area contributed by atoms with Crippen LogP contribution in [0.15, 0.2) is 35.2 Å². The molecule has 0 radical (unpaired) electrons. The quantitative estimate of drug-likeness (QED) is 0.721. The summed E-state index contributed by atoms with van der Waals surface area (Å²) in [7, 11) is 1.54. The third kappa shape index (κ3) is 3.19. The molecule has 0 N–H and O–H groups in total. The van der Waals surface area contributed by atoms with E-state index in [2.05, 4.69) is 15.5 Å². The average Bonchev–Trinajstić information content (AvgIpc) is 3.10.